The van der Waals surface area contributed by atoms with Gasteiger partial charge in [0.2, 0.25) is 0 Å². The fourth-order valence-corrected chi connectivity index (χ4v) is 1.67. The van der Waals surface area contributed by atoms with Crippen LogP contribution in [0.15, 0.2) is 36.5 Å². The second-order valence-corrected chi connectivity index (χ2v) is 4.23. The minimum absolute atomic E-state index is 0.106. The molecular formula is C13H10ClFN2O2. The number of carboxylic acids is 1. The number of pyridine rings is 1. The smallest absolute Gasteiger partial charge is 0.337 e. The molecule has 2 rings (SSSR count). The third-order valence-corrected chi connectivity index (χ3v) is 2.85. The van der Waals surface area contributed by atoms with Gasteiger partial charge in [0, 0.05) is 17.8 Å². The van der Waals surface area contributed by atoms with E-state index in [0.29, 0.717) is 22.9 Å². The molecule has 0 aliphatic rings. The second-order valence-electron chi connectivity index (χ2n) is 3.83. The molecule has 0 radical (unpaired) electrons. The number of benzene rings is 1. The lowest BCUT2D eigenvalue weighted by molar-refractivity contribution is 0.0696. The zero-order valence-corrected chi connectivity index (χ0v) is 10.5. The first-order valence-corrected chi connectivity index (χ1v) is 5.81. The number of aromatic carboxylic acids is 1. The van der Waals surface area contributed by atoms with E-state index < -0.39 is 5.97 Å². The molecule has 1 aromatic carbocycles. The van der Waals surface area contributed by atoms with E-state index in [4.69, 9.17) is 16.7 Å². The molecule has 0 amide bonds. The Kier molecular flexibility index (Phi) is 3.97. The Morgan fingerprint density at radius 1 is 1.37 bits per heavy atom. The van der Waals surface area contributed by atoms with Crippen LogP contribution in [0, 0.1) is 5.82 Å². The van der Waals surface area contributed by atoms with Crippen LogP contribution in [0.4, 0.5) is 10.2 Å². The molecule has 0 atom stereocenters. The van der Waals surface area contributed by atoms with Crippen molar-refractivity contribution in [2.45, 2.75) is 6.54 Å². The molecule has 2 aromatic rings. The lowest BCUT2D eigenvalue weighted by atomic mass is 10.2. The summed E-state index contributed by atoms with van der Waals surface area (Å²) in [5.41, 5.74) is 0.708. The minimum Gasteiger partial charge on any atom is -0.478 e. The van der Waals surface area contributed by atoms with Crippen molar-refractivity contribution in [3.63, 3.8) is 0 Å². The van der Waals surface area contributed by atoms with Gasteiger partial charge in [-0.25, -0.2) is 14.2 Å². The molecule has 0 aliphatic heterocycles. The summed E-state index contributed by atoms with van der Waals surface area (Å²) >= 11 is 5.92. The molecule has 98 valence electrons. The normalized spacial score (nSPS) is 10.2. The van der Waals surface area contributed by atoms with Crippen LogP contribution in [0.25, 0.3) is 0 Å². The number of carbonyl (C=O) groups is 1. The third kappa shape index (κ3) is 3.42. The summed E-state index contributed by atoms with van der Waals surface area (Å²) in [6, 6.07) is 7.07. The van der Waals surface area contributed by atoms with Crippen LogP contribution >= 0.6 is 11.6 Å². The van der Waals surface area contributed by atoms with Crippen molar-refractivity contribution >= 4 is 23.4 Å². The predicted molar refractivity (Wildman–Crippen MR) is 69.9 cm³/mol. The number of aromatic nitrogens is 1. The summed E-state index contributed by atoms with van der Waals surface area (Å²) in [4.78, 5) is 14.6. The van der Waals surface area contributed by atoms with Gasteiger partial charge in [-0.3, -0.25) is 0 Å². The summed E-state index contributed by atoms with van der Waals surface area (Å²) < 4.78 is 13.0. The van der Waals surface area contributed by atoms with E-state index in [-0.39, 0.29) is 11.4 Å². The summed E-state index contributed by atoms with van der Waals surface area (Å²) in [7, 11) is 0. The fraction of sp³-hybridized carbons (Fsp3) is 0.0769. The number of hydrogen-bond acceptors (Lipinski definition) is 3. The van der Waals surface area contributed by atoms with Gasteiger partial charge < -0.3 is 10.4 Å². The maximum absolute atomic E-state index is 13.0. The molecule has 0 saturated heterocycles. The van der Waals surface area contributed by atoms with Gasteiger partial charge in [0.1, 0.15) is 11.6 Å². The number of nitrogens with one attached hydrogen (secondary N) is 1. The van der Waals surface area contributed by atoms with Crippen molar-refractivity contribution in [3.05, 3.63) is 58.5 Å². The number of rotatable bonds is 4. The molecule has 4 nitrogen and oxygen atoms in total. The van der Waals surface area contributed by atoms with Crippen LogP contribution in [0.1, 0.15) is 15.9 Å². The van der Waals surface area contributed by atoms with Gasteiger partial charge >= 0.3 is 5.97 Å². The topological polar surface area (TPSA) is 62.2 Å². The standard InChI is InChI=1S/C13H10ClFN2O2/c14-11-3-2-10(15)5-9(11)7-17-12-4-1-8(6-16-12)13(18)19/h1-6H,7H2,(H,16,17)(H,18,19). The highest BCUT2D eigenvalue weighted by Gasteiger charge is 2.05. The third-order valence-electron chi connectivity index (χ3n) is 2.48. The van der Waals surface area contributed by atoms with Crippen LogP contribution < -0.4 is 5.32 Å². The molecule has 19 heavy (non-hydrogen) atoms. The summed E-state index contributed by atoms with van der Waals surface area (Å²) in [6.45, 7) is 0.302. The maximum Gasteiger partial charge on any atom is 0.337 e. The zero-order chi connectivity index (χ0) is 13.8. The molecule has 0 saturated carbocycles. The molecule has 0 fully saturated rings. The van der Waals surface area contributed by atoms with Gasteiger partial charge in [-0.1, -0.05) is 11.6 Å². The van der Waals surface area contributed by atoms with Crippen molar-refractivity contribution < 1.29 is 14.3 Å². The molecule has 0 spiro atoms. The molecule has 0 aliphatic carbocycles. The molecule has 0 unspecified atom stereocenters. The Labute approximate surface area is 113 Å². The fourth-order valence-electron chi connectivity index (χ4n) is 1.49. The summed E-state index contributed by atoms with van der Waals surface area (Å²) in [5, 5.41) is 12.1. The zero-order valence-electron chi connectivity index (χ0n) is 9.73. The molecule has 0 bridgehead atoms. The molecule has 2 N–H and O–H groups in total. The van der Waals surface area contributed by atoms with Crippen molar-refractivity contribution in [1.29, 1.82) is 0 Å². The number of carboxylic acid groups (broad SMARTS) is 1. The Morgan fingerprint density at radius 2 is 2.16 bits per heavy atom. The van der Waals surface area contributed by atoms with E-state index in [0.717, 1.165) is 0 Å². The van der Waals surface area contributed by atoms with Crippen molar-refractivity contribution in [3.8, 4) is 0 Å². The summed E-state index contributed by atoms with van der Waals surface area (Å²) in [6.07, 6.45) is 1.25. The van der Waals surface area contributed by atoms with Gasteiger partial charge in [0.15, 0.2) is 0 Å². The van der Waals surface area contributed by atoms with Crippen LogP contribution in [0.2, 0.25) is 5.02 Å². The Bertz CT molecular complexity index is 602. The highest BCUT2D eigenvalue weighted by molar-refractivity contribution is 6.31. The van der Waals surface area contributed by atoms with E-state index in [9.17, 15) is 9.18 Å². The van der Waals surface area contributed by atoms with Crippen LogP contribution in [0.5, 0.6) is 0 Å². The Balaban J connectivity index is 2.06. The number of anilines is 1. The van der Waals surface area contributed by atoms with Crippen LogP contribution in [-0.2, 0) is 6.54 Å². The average molecular weight is 281 g/mol. The lowest BCUT2D eigenvalue weighted by Gasteiger charge is -2.07. The van der Waals surface area contributed by atoms with Gasteiger partial charge in [-0.05, 0) is 35.9 Å². The SMILES string of the molecule is O=C(O)c1ccc(NCc2cc(F)ccc2Cl)nc1. The molecular weight excluding hydrogens is 271 g/mol. The highest BCUT2D eigenvalue weighted by Crippen LogP contribution is 2.18. The van der Waals surface area contributed by atoms with Gasteiger partial charge in [-0.15, -0.1) is 0 Å². The van der Waals surface area contributed by atoms with Gasteiger partial charge in [-0.2, -0.15) is 0 Å². The quantitative estimate of drug-likeness (QED) is 0.903. The van der Waals surface area contributed by atoms with E-state index in [1.54, 1.807) is 0 Å². The van der Waals surface area contributed by atoms with E-state index in [1.807, 2.05) is 0 Å². The average Bonchev–Trinajstić information content (AvgIpc) is 2.40. The Hall–Kier alpha value is -2.14. The maximum atomic E-state index is 13.0. The first-order valence-electron chi connectivity index (χ1n) is 5.43. The first-order chi connectivity index (χ1) is 9.06. The molecule has 1 aromatic heterocycles. The number of nitrogens with zero attached hydrogens (tertiary/aromatic N) is 1. The van der Waals surface area contributed by atoms with Crippen LogP contribution in [0.3, 0.4) is 0 Å². The number of halogens is 2. The van der Waals surface area contributed by atoms with Crippen molar-refractivity contribution in [2.75, 3.05) is 5.32 Å². The highest BCUT2D eigenvalue weighted by atomic mass is 35.5. The van der Waals surface area contributed by atoms with E-state index in [2.05, 4.69) is 10.3 Å². The second kappa shape index (κ2) is 5.67. The van der Waals surface area contributed by atoms with E-state index in [1.165, 1.54) is 36.5 Å². The van der Waals surface area contributed by atoms with Crippen molar-refractivity contribution in [2.24, 2.45) is 0 Å². The van der Waals surface area contributed by atoms with Crippen molar-refractivity contribution in [1.82, 2.24) is 4.98 Å². The lowest BCUT2D eigenvalue weighted by Crippen LogP contribution is -2.04. The van der Waals surface area contributed by atoms with Gasteiger partial charge in [0.05, 0.1) is 5.56 Å². The van der Waals surface area contributed by atoms with Gasteiger partial charge in [0.25, 0.3) is 0 Å². The largest absolute Gasteiger partial charge is 0.478 e. The van der Waals surface area contributed by atoms with E-state index >= 15 is 0 Å². The Morgan fingerprint density at radius 3 is 2.79 bits per heavy atom. The predicted octanol–water partition coefficient (Wildman–Crippen LogP) is 3.18. The molecule has 6 heteroatoms. The summed E-state index contributed by atoms with van der Waals surface area (Å²) in [5.74, 6) is -0.909. The molecule has 1 heterocycles. The number of hydrogen-bond donors (Lipinski definition) is 2. The van der Waals surface area contributed by atoms with Crippen LogP contribution in [-0.4, -0.2) is 16.1 Å². The first kappa shape index (κ1) is 13.3. The monoisotopic (exact) mass is 280 g/mol. The minimum atomic E-state index is -1.03.